The van der Waals surface area contributed by atoms with Crippen LogP contribution in [0.4, 0.5) is 10.8 Å². The van der Waals surface area contributed by atoms with E-state index in [0.717, 1.165) is 26.3 Å². The maximum absolute atomic E-state index is 12.5. The van der Waals surface area contributed by atoms with Crippen LogP contribution in [0.5, 0.6) is 0 Å². The summed E-state index contributed by atoms with van der Waals surface area (Å²) in [7, 11) is 0. The molecule has 0 unspecified atom stereocenters. The van der Waals surface area contributed by atoms with E-state index in [9.17, 15) is 4.79 Å². The molecular formula is C21H12BrN3O2S. The predicted octanol–water partition coefficient (Wildman–Crippen LogP) is 5.97. The molecule has 0 aliphatic rings. The summed E-state index contributed by atoms with van der Waals surface area (Å²) in [5, 5.41) is 15.7. The van der Waals surface area contributed by atoms with Crippen molar-refractivity contribution in [3.8, 4) is 10.6 Å². The van der Waals surface area contributed by atoms with Crippen molar-refractivity contribution in [1.29, 1.82) is 0 Å². The van der Waals surface area contributed by atoms with Crippen LogP contribution in [0.3, 0.4) is 0 Å². The standard InChI is InChI=1S/C21H12BrN3O2S/c22-13-6-8-14(9-7-13)23-21-25-24-19(28-21)17-11-16-15-4-2-1-3-12(15)5-10-18(16)27-20(17)26/h1-11H,(H,23,25). The van der Waals surface area contributed by atoms with Crippen LogP contribution in [0.25, 0.3) is 32.3 Å². The van der Waals surface area contributed by atoms with Crippen LogP contribution in [0.1, 0.15) is 0 Å². The Labute approximate surface area is 171 Å². The smallest absolute Gasteiger partial charge is 0.346 e. The average Bonchev–Trinajstić information content (AvgIpc) is 3.17. The van der Waals surface area contributed by atoms with Crippen LogP contribution in [0.15, 0.2) is 80.4 Å². The third-order valence-electron chi connectivity index (χ3n) is 4.39. The normalized spacial score (nSPS) is 11.2. The quantitative estimate of drug-likeness (QED) is 0.271. The van der Waals surface area contributed by atoms with Crippen molar-refractivity contribution in [3.05, 3.63) is 81.6 Å². The molecule has 5 aromatic rings. The molecule has 0 saturated heterocycles. The Kier molecular flexibility index (Phi) is 4.18. The Morgan fingerprint density at radius 1 is 0.929 bits per heavy atom. The monoisotopic (exact) mass is 449 g/mol. The number of hydrogen-bond acceptors (Lipinski definition) is 6. The second kappa shape index (κ2) is 6.85. The van der Waals surface area contributed by atoms with Crippen molar-refractivity contribution < 1.29 is 4.42 Å². The SMILES string of the molecule is O=c1oc2ccc3ccccc3c2cc1-c1nnc(Nc2ccc(Br)cc2)s1. The molecule has 2 heterocycles. The van der Waals surface area contributed by atoms with Crippen molar-refractivity contribution in [1.82, 2.24) is 10.2 Å². The first-order valence-electron chi connectivity index (χ1n) is 8.49. The van der Waals surface area contributed by atoms with Gasteiger partial charge in [-0.1, -0.05) is 57.6 Å². The number of nitrogens with zero attached hydrogens (tertiary/aromatic N) is 2. The van der Waals surface area contributed by atoms with Gasteiger partial charge in [0, 0.05) is 15.5 Å². The van der Waals surface area contributed by atoms with Crippen LogP contribution < -0.4 is 10.9 Å². The molecule has 2 aromatic heterocycles. The number of hydrogen-bond donors (Lipinski definition) is 1. The number of anilines is 2. The molecule has 7 heteroatoms. The minimum absolute atomic E-state index is 0.408. The van der Waals surface area contributed by atoms with Crippen LogP contribution >= 0.6 is 27.3 Å². The molecule has 5 nitrogen and oxygen atoms in total. The number of fused-ring (bicyclic) bond motifs is 3. The summed E-state index contributed by atoms with van der Waals surface area (Å²) in [4.78, 5) is 12.5. The number of rotatable bonds is 3. The minimum Gasteiger partial charge on any atom is -0.422 e. The highest BCUT2D eigenvalue weighted by Gasteiger charge is 2.14. The van der Waals surface area contributed by atoms with Gasteiger partial charge >= 0.3 is 5.63 Å². The molecule has 0 aliphatic heterocycles. The van der Waals surface area contributed by atoms with E-state index in [-0.39, 0.29) is 0 Å². The molecule has 1 N–H and O–H groups in total. The number of halogens is 1. The zero-order valence-corrected chi connectivity index (χ0v) is 16.8. The summed E-state index contributed by atoms with van der Waals surface area (Å²) in [5.41, 5.74) is 1.44. The molecular weight excluding hydrogens is 438 g/mol. The van der Waals surface area contributed by atoms with Gasteiger partial charge in [-0.15, -0.1) is 10.2 Å². The van der Waals surface area contributed by atoms with Gasteiger partial charge in [0.2, 0.25) is 5.13 Å². The van der Waals surface area contributed by atoms with Gasteiger partial charge in [-0.05, 0) is 47.2 Å². The van der Waals surface area contributed by atoms with Gasteiger partial charge in [-0.25, -0.2) is 4.79 Å². The topological polar surface area (TPSA) is 68.0 Å². The minimum atomic E-state index is -0.422. The van der Waals surface area contributed by atoms with Crippen molar-refractivity contribution in [2.45, 2.75) is 0 Å². The molecule has 0 amide bonds. The maximum Gasteiger partial charge on any atom is 0.346 e. The van der Waals surface area contributed by atoms with E-state index in [1.54, 1.807) is 0 Å². The first-order valence-corrected chi connectivity index (χ1v) is 10.1. The van der Waals surface area contributed by atoms with E-state index in [4.69, 9.17) is 4.42 Å². The Morgan fingerprint density at radius 3 is 2.61 bits per heavy atom. The summed E-state index contributed by atoms with van der Waals surface area (Å²) in [6.07, 6.45) is 0. The first kappa shape index (κ1) is 17.1. The summed E-state index contributed by atoms with van der Waals surface area (Å²) in [6.45, 7) is 0. The number of aromatic nitrogens is 2. The Morgan fingerprint density at radius 2 is 1.75 bits per heavy atom. The lowest BCUT2D eigenvalue weighted by Crippen LogP contribution is -2.02. The Balaban J connectivity index is 1.58. The molecule has 0 aliphatic carbocycles. The maximum atomic E-state index is 12.5. The van der Waals surface area contributed by atoms with Gasteiger partial charge < -0.3 is 9.73 Å². The third kappa shape index (κ3) is 3.08. The molecule has 0 spiro atoms. The van der Waals surface area contributed by atoms with Gasteiger partial charge in [0.15, 0.2) is 5.01 Å². The molecule has 5 rings (SSSR count). The summed E-state index contributed by atoms with van der Waals surface area (Å²) in [5.74, 6) is 0. The zero-order chi connectivity index (χ0) is 19.1. The number of benzene rings is 3. The summed E-state index contributed by atoms with van der Waals surface area (Å²) >= 11 is 4.72. The van der Waals surface area contributed by atoms with Crippen LogP contribution in [0.2, 0.25) is 0 Å². The van der Waals surface area contributed by atoms with Gasteiger partial charge in [-0.2, -0.15) is 0 Å². The molecule has 0 fully saturated rings. The van der Waals surface area contributed by atoms with Crippen molar-refractivity contribution >= 4 is 59.8 Å². The van der Waals surface area contributed by atoms with Crippen molar-refractivity contribution in [3.63, 3.8) is 0 Å². The van der Waals surface area contributed by atoms with Crippen LogP contribution in [-0.2, 0) is 0 Å². The summed E-state index contributed by atoms with van der Waals surface area (Å²) < 4.78 is 6.55. The predicted molar refractivity (Wildman–Crippen MR) is 116 cm³/mol. The fourth-order valence-electron chi connectivity index (χ4n) is 3.06. The Bertz CT molecular complexity index is 1380. The average molecular weight is 450 g/mol. The van der Waals surface area contributed by atoms with Crippen LogP contribution in [0, 0.1) is 0 Å². The highest BCUT2D eigenvalue weighted by molar-refractivity contribution is 9.10. The lowest BCUT2D eigenvalue weighted by molar-refractivity contribution is 0.563. The fraction of sp³-hybridized carbons (Fsp3) is 0. The van der Waals surface area contributed by atoms with Crippen molar-refractivity contribution in [2.75, 3.05) is 5.32 Å². The fourth-order valence-corrected chi connectivity index (χ4v) is 4.09. The molecule has 0 atom stereocenters. The third-order valence-corrected chi connectivity index (χ3v) is 5.79. The van der Waals surface area contributed by atoms with Gasteiger partial charge in [0.25, 0.3) is 0 Å². The number of nitrogens with one attached hydrogen (secondary N) is 1. The van der Waals surface area contributed by atoms with E-state index in [0.29, 0.717) is 21.3 Å². The van der Waals surface area contributed by atoms with E-state index in [1.165, 1.54) is 11.3 Å². The molecule has 3 aromatic carbocycles. The highest BCUT2D eigenvalue weighted by Crippen LogP contribution is 2.31. The van der Waals surface area contributed by atoms with Gasteiger partial charge in [0.05, 0.1) is 5.56 Å². The van der Waals surface area contributed by atoms with Gasteiger partial charge in [-0.3, -0.25) is 0 Å². The summed E-state index contributed by atoms with van der Waals surface area (Å²) in [6, 6.07) is 21.4. The second-order valence-corrected chi connectivity index (χ2v) is 8.08. The molecule has 28 heavy (non-hydrogen) atoms. The van der Waals surface area contributed by atoms with E-state index in [1.807, 2.05) is 66.7 Å². The van der Waals surface area contributed by atoms with Crippen LogP contribution in [-0.4, -0.2) is 10.2 Å². The first-order chi connectivity index (χ1) is 13.7. The lowest BCUT2D eigenvalue weighted by Gasteiger charge is -2.04. The second-order valence-electron chi connectivity index (χ2n) is 6.19. The lowest BCUT2D eigenvalue weighted by atomic mass is 10.0. The van der Waals surface area contributed by atoms with E-state index in [2.05, 4.69) is 31.4 Å². The Hall–Kier alpha value is -3.03. The van der Waals surface area contributed by atoms with Crippen molar-refractivity contribution in [2.24, 2.45) is 0 Å². The van der Waals surface area contributed by atoms with Gasteiger partial charge in [0.1, 0.15) is 5.58 Å². The zero-order valence-electron chi connectivity index (χ0n) is 14.3. The molecule has 0 saturated carbocycles. The van der Waals surface area contributed by atoms with E-state index >= 15 is 0 Å². The molecule has 0 bridgehead atoms. The molecule has 0 radical (unpaired) electrons. The van der Waals surface area contributed by atoms with E-state index < -0.39 is 5.63 Å². The molecule has 136 valence electrons. The highest BCUT2D eigenvalue weighted by atomic mass is 79.9. The largest absolute Gasteiger partial charge is 0.422 e.